The number of rotatable bonds is 9. The van der Waals surface area contributed by atoms with Crippen molar-refractivity contribution in [1.29, 1.82) is 0 Å². The lowest BCUT2D eigenvalue weighted by molar-refractivity contribution is 0.0833. The zero-order valence-corrected chi connectivity index (χ0v) is 14.4. The fourth-order valence-electron chi connectivity index (χ4n) is 2.61. The molecule has 1 atom stereocenters. The Kier molecular flexibility index (Phi) is 7.66. The first-order valence-electron chi connectivity index (χ1n) is 8.36. The van der Waals surface area contributed by atoms with E-state index in [0.29, 0.717) is 0 Å². The maximum Gasteiger partial charge on any atom is 0.179 e. The fourth-order valence-corrected chi connectivity index (χ4v) is 2.61. The maximum absolute atomic E-state index is 12.8. The van der Waals surface area contributed by atoms with E-state index in [1.807, 2.05) is 19.9 Å². The molecule has 0 aliphatic rings. The van der Waals surface area contributed by atoms with Crippen LogP contribution in [0.4, 0.5) is 0 Å². The number of carbonyl (C=O) groups excluding carboxylic acids is 1. The molecular formula is C19H31NO. The standard InChI is InChI=1S/C19H31NO/c1-6-8-12-20(13-9-7-2)17(5)19(21)18-14-15(3)10-11-16(18)4/h10-11,14,17H,6-9,12-13H2,1-5H3. The van der Waals surface area contributed by atoms with Gasteiger partial charge < -0.3 is 0 Å². The third kappa shape index (κ3) is 5.28. The largest absolute Gasteiger partial charge is 0.294 e. The number of unbranched alkanes of at least 4 members (excludes halogenated alkanes) is 2. The average Bonchev–Trinajstić information content (AvgIpc) is 2.48. The molecule has 0 bridgehead atoms. The Balaban J connectivity index is 2.87. The summed E-state index contributed by atoms with van der Waals surface area (Å²) in [7, 11) is 0. The minimum absolute atomic E-state index is 0.0244. The van der Waals surface area contributed by atoms with Gasteiger partial charge in [0, 0.05) is 5.56 Å². The molecule has 1 aromatic rings. The van der Waals surface area contributed by atoms with Crippen LogP contribution in [-0.4, -0.2) is 29.8 Å². The SMILES string of the molecule is CCCCN(CCCC)C(C)C(=O)c1cc(C)ccc1C. The fraction of sp³-hybridized carbons (Fsp3) is 0.632. The summed E-state index contributed by atoms with van der Waals surface area (Å²) in [6.07, 6.45) is 4.67. The predicted molar refractivity (Wildman–Crippen MR) is 91.1 cm³/mol. The number of Topliss-reactive ketones (excluding diaryl/α,β-unsaturated/α-hetero) is 1. The number of benzene rings is 1. The van der Waals surface area contributed by atoms with E-state index < -0.39 is 0 Å². The van der Waals surface area contributed by atoms with E-state index in [1.165, 1.54) is 12.8 Å². The summed E-state index contributed by atoms with van der Waals surface area (Å²) < 4.78 is 0. The molecule has 1 aromatic carbocycles. The third-order valence-corrected chi connectivity index (χ3v) is 4.18. The smallest absolute Gasteiger partial charge is 0.179 e. The van der Waals surface area contributed by atoms with Crippen molar-refractivity contribution in [3.8, 4) is 0 Å². The number of nitrogens with zero attached hydrogens (tertiary/aromatic N) is 1. The molecule has 1 rings (SSSR count). The van der Waals surface area contributed by atoms with E-state index in [0.717, 1.165) is 42.6 Å². The number of hydrogen-bond acceptors (Lipinski definition) is 2. The quantitative estimate of drug-likeness (QED) is 0.610. The summed E-state index contributed by atoms with van der Waals surface area (Å²) in [5, 5.41) is 0. The zero-order chi connectivity index (χ0) is 15.8. The van der Waals surface area contributed by atoms with E-state index >= 15 is 0 Å². The molecule has 0 aromatic heterocycles. The van der Waals surface area contributed by atoms with Gasteiger partial charge in [-0.3, -0.25) is 9.69 Å². The Bertz CT molecular complexity index is 445. The summed E-state index contributed by atoms with van der Waals surface area (Å²) >= 11 is 0. The van der Waals surface area contributed by atoms with Gasteiger partial charge in [0.2, 0.25) is 0 Å². The number of aryl methyl sites for hydroxylation is 2. The van der Waals surface area contributed by atoms with Crippen molar-refractivity contribution >= 4 is 5.78 Å². The van der Waals surface area contributed by atoms with Gasteiger partial charge in [0.1, 0.15) is 0 Å². The van der Waals surface area contributed by atoms with E-state index in [2.05, 4.69) is 37.8 Å². The van der Waals surface area contributed by atoms with E-state index in [4.69, 9.17) is 0 Å². The Morgan fingerprint density at radius 1 is 1.10 bits per heavy atom. The monoisotopic (exact) mass is 289 g/mol. The molecule has 2 nitrogen and oxygen atoms in total. The zero-order valence-electron chi connectivity index (χ0n) is 14.4. The van der Waals surface area contributed by atoms with Crippen LogP contribution in [0.3, 0.4) is 0 Å². The Morgan fingerprint density at radius 2 is 1.67 bits per heavy atom. The molecule has 0 spiro atoms. The van der Waals surface area contributed by atoms with Crippen LogP contribution in [0.1, 0.15) is 67.9 Å². The van der Waals surface area contributed by atoms with Crippen molar-refractivity contribution in [2.75, 3.05) is 13.1 Å². The summed E-state index contributed by atoms with van der Waals surface area (Å²) in [4.78, 5) is 15.2. The molecule has 0 fully saturated rings. The van der Waals surface area contributed by atoms with Crippen LogP contribution in [0.2, 0.25) is 0 Å². The topological polar surface area (TPSA) is 20.3 Å². The van der Waals surface area contributed by atoms with Crippen LogP contribution in [0.15, 0.2) is 18.2 Å². The molecule has 0 aliphatic carbocycles. The van der Waals surface area contributed by atoms with Gasteiger partial charge in [-0.15, -0.1) is 0 Å². The summed E-state index contributed by atoms with van der Waals surface area (Å²) in [6.45, 7) is 12.6. The van der Waals surface area contributed by atoms with Gasteiger partial charge in [-0.05, 0) is 58.3 Å². The van der Waals surface area contributed by atoms with E-state index in [9.17, 15) is 4.79 Å². The Labute approximate surface area is 130 Å². The minimum Gasteiger partial charge on any atom is -0.294 e. The molecule has 0 amide bonds. The molecule has 2 heteroatoms. The lowest BCUT2D eigenvalue weighted by Crippen LogP contribution is -2.40. The van der Waals surface area contributed by atoms with Crippen LogP contribution in [0.25, 0.3) is 0 Å². The number of hydrogen-bond donors (Lipinski definition) is 0. The third-order valence-electron chi connectivity index (χ3n) is 4.18. The molecular weight excluding hydrogens is 258 g/mol. The van der Waals surface area contributed by atoms with Gasteiger partial charge in [-0.2, -0.15) is 0 Å². The highest BCUT2D eigenvalue weighted by atomic mass is 16.1. The first-order chi connectivity index (χ1) is 10.0. The van der Waals surface area contributed by atoms with Crippen LogP contribution in [-0.2, 0) is 0 Å². The van der Waals surface area contributed by atoms with Crippen molar-refractivity contribution < 1.29 is 4.79 Å². The summed E-state index contributed by atoms with van der Waals surface area (Å²) in [5.41, 5.74) is 3.13. The second-order valence-electron chi connectivity index (χ2n) is 6.10. The van der Waals surface area contributed by atoms with Gasteiger partial charge in [-0.25, -0.2) is 0 Å². The van der Waals surface area contributed by atoms with Gasteiger partial charge in [-0.1, -0.05) is 44.4 Å². The van der Waals surface area contributed by atoms with Crippen LogP contribution < -0.4 is 0 Å². The van der Waals surface area contributed by atoms with Gasteiger partial charge in [0.25, 0.3) is 0 Å². The highest BCUT2D eigenvalue weighted by Crippen LogP contribution is 2.16. The van der Waals surface area contributed by atoms with Crippen molar-refractivity contribution in [3.63, 3.8) is 0 Å². The minimum atomic E-state index is -0.0244. The molecule has 0 radical (unpaired) electrons. The molecule has 0 N–H and O–H groups in total. The lowest BCUT2D eigenvalue weighted by Gasteiger charge is -2.28. The number of carbonyl (C=O) groups is 1. The molecule has 0 saturated heterocycles. The molecule has 1 unspecified atom stereocenters. The first kappa shape index (κ1) is 17.9. The van der Waals surface area contributed by atoms with Crippen LogP contribution in [0, 0.1) is 13.8 Å². The predicted octanol–water partition coefficient (Wildman–Crippen LogP) is 4.78. The van der Waals surface area contributed by atoms with Crippen molar-refractivity contribution in [1.82, 2.24) is 4.90 Å². The highest BCUT2D eigenvalue weighted by Gasteiger charge is 2.22. The summed E-state index contributed by atoms with van der Waals surface area (Å²) in [6, 6.07) is 6.13. The Hall–Kier alpha value is -1.15. The maximum atomic E-state index is 12.8. The van der Waals surface area contributed by atoms with Gasteiger partial charge in [0.15, 0.2) is 5.78 Å². The second kappa shape index (κ2) is 8.99. The highest BCUT2D eigenvalue weighted by molar-refractivity contribution is 6.01. The normalized spacial score (nSPS) is 12.7. The van der Waals surface area contributed by atoms with Crippen LogP contribution in [0.5, 0.6) is 0 Å². The Morgan fingerprint density at radius 3 is 2.19 bits per heavy atom. The first-order valence-corrected chi connectivity index (χ1v) is 8.36. The van der Waals surface area contributed by atoms with Gasteiger partial charge >= 0.3 is 0 Å². The summed E-state index contributed by atoms with van der Waals surface area (Å²) in [5.74, 6) is 0.267. The van der Waals surface area contributed by atoms with Crippen LogP contribution >= 0.6 is 0 Å². The average molecular weight is 289 g/mol. The van der Waals surface area contributed by atoms with E-state index in [1.54, 1.807) is 0 Å². The second-order valence-corrected chi connectivity index (χ2v) is 6.10. The van der Waals surface area contributed by atoms with Crippen molar-refractivity contribution in [2.45, 2.75) is 66.3 Å². The van der Waals surface area contributed by atoms with Gasteiger partial charge in [0.05, 0.1) is 6.04 Å². The molecule has 21 heavy (non-hydrogen) atoms. The molecule has 0 aliphatic heterocycles. The van der Waals surface area contributed by atoms with E-state index in [-0.39, 0.29) is 11.8 Å². The molecule has 0 saturated carbocycles. The number of ketones is 1. The van der Waals surface area contributed by atoms with Crippen molar-refractivity contribution in [3.05, 3.63) is 34.9 Å². The lowest BCUT2D eigenvalue weighted by atomic mass is 9.97. The van der Waals surface area contributed by atoms with Crippen molar-refractivity contribution in [2.24, 2.45) is 0 Å². The molecule has 118 valence electrons. The molecule has 0 heterocycles.